The number of para-hydroxylation sites is 1. The maximum absolute atomic E-state index is 2.45. The number of benzene rings is 9. The number of fused-ring (bicyclic) bond motifs is 6. The molecule has 11 rings (SSSR count). The Labute approximate surface area is 353 Å². The lowest BCUT2D eigenvalue weighted by Crippen LogP contribution is -2.16. The van der Waals surface area contributed by atoms with Crippen LogP contribution >= 0.6 is 0 Å². The van der Waals surface area contributed by atoms with E-state index in [0.29, 0.717) is 0 Å². The van der Waals surface area contributed by atoms with Crippen LogP contribution in [0.5, 0.6) is 0 Å². The fraction of sp³-hybridized carbons (Fsp3) is 0.0847. The number of hydrogen-bond acceptors (Lipinski definition) is 1. The van der Waals surface area contributed by atoms with Gasteiger partial charge in [0.15, 0.2) is 0 Å². The molecule has 1 heteroatoms. The Morgan fingerprint density at radius 2 is 0.900 bits per heavy atom. The summed E-state index contributed by atoms with van der Waals surface area (Å²) in [4.78, 5) is 2.39. The van der Waals surface area contributed by atoms with E-state index in [2.05, 4.69) is 231 Å². The molecule has 0 spiro atoms. The fourth-order valence-electron chi connectivity index (χ4n) is 9.69. The highest BCUT2D eigenvalue weighted by Gasteiger charge is 2.36. The topological polar surface area (TPSA) is 3.24 Å². The predicted molar refractivity (Wildman–Crippen MR) is 256 cm³/mol. The van der Waals surface area contributed by atoms with Crippen molar-refractivity contribution in [2.75, 3.05) is 4.90 Å². The third-order valence-electron chi connectivity index (χ3n) is 12.9. The van der Waals surface area contributed by atoms with Gasteiger partial charge >= 0.3 is 0 Å². The molecule has 0 amide bonds. The predicted octanol–water partition coefficient (Wildman–Crippen LogP) is 16.5. The minimum Gasteiger partial charge on any atom is -0.310 e. The first kappa shape index (κ1) is 35.9. The van der Waals surface area contributed by atoms with E-state index in [1.54, 1.807) is 0 Å². The lowest BCUT2D eigenvalue weighted by molar-refractivity contribution is 0.660. The molecule has 286 valence electrons. The van der Waals surface area contributed by atoms with Gasteiger partial charge in [-0.05, 0) is 150 Å². The number of allylic oxidation sites excluding steroid dienone is 4. The van der Waals surface area contributed by atoms with Crippen LogP contribution in [-0.2, 0) is 5.41 Å². The smallest absolute Gasteiger partial charge is 0.0465 e. The van der Waals surface area contributed by atoms with E-state index < -0.39 is 0 Å². The monoisotopic (exact) mass is 767 g/mol. The highest BCUT2D eigenvalue weighted by Crippen LogP contribution is 2.52. The lowest BCUT2D eigenvalue weighted by Gasteiger charge is -2.28. The number of nitrogens with zero attached hydrogens (tertiary/aromatic N) is 1. The molecule has 0 saturated heterocycles. The van der Waals surface area contributed by atoms with Gasteiger partial charge in [-0.25, -0.2) is 0 Å². The van der Waals surface area contributed by atoms with Gasteiger partial charge in [0.05, 0.1) is 0 Å². The maximum Gasteiger partial charge on any atom is 0.0465 e. The molecule has 0 N–H and O–H groups in total. The number of anilines is 3. The zero-order valence-corrected chi connectivity index (χ0v) is 34.1. The largest absolute Gasteiger partial charge is 0.310 e. The molecular weight excluding hydrogens is 723 g/mol. The fourth-order valence-corrected chi connectivity index (χ4v) is 9.69. The van der Waals surface area contributed by atoms with E-state index in [0.717, 1.165) is 29.9 Å². The summed E-state index contributed by atoms with van der Waals surface area (Å²) in [5, 5.41) is 5.16. The summed E-state index contributed by atoms with van der Waals surface area (Å²) < 4.78 is 0. The van der Waals surface area contributed by atoms with Gasteiger partial charge < -0.3 is 4.90 Å². The molecule has 1 nitrogen and oxygen atoms in total. The van der Waals surface area contributed by atoms with Gasteiger partial charge in [0, 0.05) is 22.5 Å². The molecule has 0 fully saturated rings. The minimum atomic E-state index is -0.186. The summed E-state index contributed by atoms with van der Waals surface area (Å²) in [7, 11) is 0. The second-order valence-electron chi connectivity index (χ2n) is 16.8. The average molecular weight is 768 g/mol. The molecule has 0 radical (unpaired) electrons. The molecule has 2 aliphatic rings. The Morgan fingerprint density at radius 1 is 0.383 bits per heavy atom. The van der Waals surface area contributed by atoms with Gasteiger partial charge in [0.2, 0.25) is 0 Å². The van der Waals surface area contributed by atoms with Crippen LogP contribution in [0.4, 0.5) is 17.1 Å². The van der Waals surface area contributed by atoms with E-state index in [1.807, 2.05) is 0 Å². The summed E-state index contributed by atoms with van der Waals surface area (Å²) in [6.45, 7) is 4.77. The second-order valence-corrected chi connectivity index (χ2v) is 16.8. The first-order valence-corrected chi connectivity index (χ1v) is 21.2. The highest BCUT2D eigenvalue weighted by molar-refractivity contribution is 6.14. The standard InChI is InChI=1S/C59H45N/c1-59(2)57-38-47(56-37-46-15-9-10-18-51(46)52-19-11-12-20-53(52)56)31-35-54(57)55-36-34-50(39-58(55)59)60(48-16-7-4-8-17-48)49-32-29-45(30-33-49)44-27-25-43(26-28-44)42-23-21-41(22-24-42)40-13-5-3-6-14-40/h4-5,7-39H,3,6H2,1-2H3. The molecule has 0 saturated carbocycles. The summed E-state index contributed by atoms with van der Waals surface area (Å²) in [6.07, 6.45) is 9.10. The number of hydrogen-bond donors (Lipinski definition) is 0. The van der Waals surface area contributed by atoms with Crippen LogP contribution in [0.1, 0.15) is 43.4 Å². The zero-order chi connectivity index (χ0) is 40.2. The molecule has 2 aliphatic carbocycles. The van der Waals surface area contributed by atoms with Crippen molar-refractivity contribution in [3.8, 4) is 44.5 Å². The van der Waals surface area contributed by atoms with Crippen molar-refractivity contribution >= 4 is 44.2 Å². The molecular formula is C59H45N. The molecule has 0 aliphatic heterocycles. The Balaban J connectivity index is 0.905. The van der Waals surface area contributed by atoms with E-state index in [1.165, 1.54) is 88.3 Å². The van der Waals surface area contributed by atoms with Gasteiger partial charge in [0.25, 0.3) is 0 Å². The van der Waals surface area contributed by atoms with Crippen molar-refractivity contribution in [3.05, 3.63) is 229 Å². The van der Waals surface area contributed by atoms with Crippen molar-refractivity contribution in [2.45, 2.75) is 32.1 Å². The van der Waals surface area contributed by atoms with Gasteiger partial charge in [-0.2, -0.15) is 0 Å². The van der Waals surface area contributed by atoms with Crippen LogP contribution in [0.15, 0.2) is 212 Å². The minimum absolute atomic E-state index is 0.186. The Kier molecular flexibility index (Phi) is 8.71. The SMILES string of the molecule is CC1(C)c2cc(-c3cc4ccccc4c4ccccc34)ccc2-c2ccc(N(c3ccccc3)c3ccc(-c4ccc(-c5ccc(C6=CCCC=C6)cc5)cc4)cc3)cc21. The van der Waals surface area contributed by atoms with Crippen molar-refractivity contribution in [3.63, 3.8) is 0 Å². The van der Waals surface area contributed by atoms with E-state index in [-0.39, 0.29) is 5.41 Å². The van der Waals surface area contributed by atoms with Crippen LogP contribution < -0.4 is 4.90 Å². The molecule has 9 aromatic carbocycles. The summed E-state index contributed by atoms with van der Waals surface area (Å²) in [5.74, 6) is 0. The van der Waals surface area contributed by atoms with Crippen LogP contribution in [0, 0.1) is 0 Å². The average Bonchev–Trinajstić information content (AvgIpc) is 3.54. The first-order valence-electron chi connectivity index (χ1n) is 21.2. The van der Waals surface area contributed by atoms with Crippen LogP contribution in [-0.4, -0.2) is 0 Å². The molecule has 0 bridgehead atoms. The first-order chi connectivity index (χ1) is 29.5. The molecule has 60 heavy (non-hydrogen) atoms. The van der Waals surface area contributed by atoms with Crippen LogP contribution in [0.3, 0.4) is 0 Å². The molecule has 0 aromatic heterocycles. The molecule has 9 aromatic rings. The highest BCUT2D eigenvalue weighted by atomic mass is 15.1. The second kappa shape index (κ2) is 14.6. The Morgan fingerprint density at radius 3 is 1.57 bits per heavy atom. The summed E-state index contributed by atoms with van der Waals surface area (Å²) >= 11 is 0. The third-order valence-corrected chi connectivity index (χ3v) is 12.9. The normalized spacial score (nSPS) is 13.9. The molecule has 0 heterocycles. The zero-order valence-electron chi connectivity index (χ0n) is 34.1. The van der Waals surface area contributed by atoms with Gasteiger partial charge in [0.1, 0.15) is 0 Å². The van der Waals surface area contributed by atoms with Crippen LogP contribution in [0.2, 0.25) is 0 Å². The Bertz CT molecular complexity index is 3130. The van der Waals surface area contributed by atoms with E-state index >= 15 is 0 Å². The molecule has 0 atom stereocenters. The van der Waals surface area contributed by atoms with Crippen molar-refractivity contribution < 1.29 is 0 Å². The maximum atomic E-state index is 2.45. The Hall–Kier alpha value is -7.22. The van der Waals surface area contributed by atoms with Crippen LogP contribution in [0.25, 0.3) is 71.6 Å². The van der Waals surface area contributed by atoms with Crippen molar-refractivity contribution in [1.29, 1.82) is 0 Å². The quantitative estimate of drug-likeness (QED) is 0.146. The molecule has 0 unspecified atom stereocenters. The lowest BCUT2D eigenvalue weighted by atomic mass is 9.81. The third kappa shape index (κ3) is 6.17. The summed E-state index contributed by atoms with van der Waals surface area (Å²) in [6, 6.07) is 71.9. The van der Waals surface area contributed by atoms with Crippen molar-refractivity contribution in [1.82, 2.24) is 0 Å². The number of rotatable bonds is 7. The van der Waals surface area contributed by atoms with Gasteiger partial charge in [-0.1, -0.05) is 178 Å². The summed E-state index contributed by atoms with van der Waals surface area (Å²) in [5.41, 5.74) is 18.6. The van der Waals surface area contributed by atoms with E-state index in [9.17, 15) is 0 Å². The van der Waals surface area contributed by atoms with Gasteiger partial charge in [-0.15, -0.1) is 0 Å². The van der Waals surface area contributed by atoms with E-state index in [4.69, 9.17) is 0 Å². The van der Waals surface area contributed by atoms with Gasteiger partial charge in [-0.3, -0.25) is 0 Å². The van der Waals surface area contributed by atoms with Crippen molar-refractivity contribution in [2.24, 2.45) is 0 Å².